The standard InChI is InChI=1S/C22H31NO/c1-7-8-18-12-17(11-15(4)5)13-19-20(18)22(24)23-21(19)16(6)10-9-14(2)3/h9-10,12-13,15,22,24H,7-8,11H2,1-6H3/b16-10+/t22-/m1/s1. The lowest BCUT2D eigenvalue weighted by molar-refractivity contribution is 0.191. The van der Waals surface area contributed by atoms with E-state index in [2.05, 4.69) is 70.8 Å². The second kappa shape index (κ2) is 7.94. The van der Waals surface area contributed by atoms with Crippen molar-refractivity contribution in [2.24, 2.45) is 10.9 Å². The van der Waals surface area contributed by atoms with Crippen molar-refractivity contribution in [3.63, 3.8) is 0 Å². The zero-order chi connectivity index (χ0) is 17.9. The lowest BCUT2D eigenvalue weighted by Gasteiger charge is -2.15. The second-order valence-corrected chi connectivity index (χ2v) is 7.51. The number of rotatable bonds is 6. The molecule has 0 bridgehead atoms. The smallest absolute Gasteiger partial charge is 0.172 e. The van der Waals surface area contributed by atoms with Crippen molar-refractivity contribution in [1.82, 2.24) is 0 Å². The summed E-state index contributed by atoms with van der Waals surface area (Å²) in [4.78, 5) is 4.57. The van der Waals surface area contributed by atoms with E-state index in [1.807, 2.05) is 0 Å². The van der Waals surface area contributed by atoms with Crippen molar-refractivity contribution in [3.05, 3.63) is 57.7 Å². The van der Waals surface area contributed by atoms with Gasteiger partial charge in [0.2, 0.25) is 0 Å². The highest BCUT2D eigenvalue weighted by molar-refractivity contribution is 6.15. The maximum absolute atomic E-state index is 10.5. The van der Waals surface area contributed by atoms with Gasteiger partial charge in [0.15, 0.2) is 6.23 Å². The molecule has 0 spiro atoms. The van der Waals surface area contributed by atoms with Crippen molar-refractivity contribution in [3.8, 4) is 0 Å². The SMILES string of the molecule is CCCc1cc(CC(C)C)cc2c1[C@@H](O)N=C2/C(C)=C/C=C(C)C. The molecule has 1 aliphatic rings. The fourth-order valence-electron chi connectivity index (χ4n) is 3.29. The summed E-state index contributed by atoms with van der Waals surface area (Å²) in [6, 6.07) is 4.52. The lowest BCUT2D eigenvalue weighted by Crippen LogP contribution is -2.06. The van der Waals surface area contributed by atoms with Crippen LogP contribution in [0.2, 0.25) is 0 Å². The van der Waals surface area contributed by atoms with E-state index >= 15 is 0 Å². The van der Waals surface area contributed by atoms with Gasteiger partial charge >= 0.3 is 0 Å². The summed E-state index contributed by atoms with van der Waals surface area (Å²) in [5.41, 5.74) is 8.06. The molecule has 0 aromatic heterocycles. The highest BCUT2D eigenvalue weighted by Crippen LogP contribution is 2.35. The minimum atomic E-state index is -0.722. The third-order valence-electron chi connectivity index (χ3n) is 4.29. The molecule has 24 heavy (non-hydrogen) atoms. The minimum absolute atomic E-state index is 0.617. The predicted molar refractivity (Wildman–Crippen MR) is 104 cm³/mol. The number of aliphatic hydroxyl groups is 1. The van der Waals surface area contributed by atoms with Crippen LogP contribution in [0.4, 0.5) is 0 Å². The largest absolute Gasteiger partial charge is 0.368 e. The Hall–Kier alpha value is -1.67. The Kier molecular flexibility index (Phi) is 6.17. The van der Waals surface area contributed by atoms with Crippen LogP contribution in [0.25, 0.3) is 0 Å². The molecule has 0 saturated heterocycles. The summed E-state index contributed by atoms with van der Waals surface area (Å²) < 4.78 is 0. The molecule has 1 atom stereocenters. The van der Waals surface area contributed by atoms with Crippen LogP contribution >= 0.6 is 0 Å². The Labute approximate surface area is 147 Å². The molecule has 0 aliphatic carbocycles. The molecule has 0 radical (unpaired) electrons. The molecule has 0 fully saturated rings. The predicted octanol–water partition coefficient (Wildman–Crippen LogP) is 5.54. The molecule has 1 N–H and O–H groups in total. The molecule has 1 aliphatic heterocycles. The second-order valence-electron chi connectivity index (χ2n) is 7.51. The molecular formula is C22H31NO. The lowest BCUT2D eigenvalue weighted by atomic mass is 9.89. The van der Waals surface area contributed by atoms with E-state index in [0.717, 1.165) is 41.7 Å². The van der Waals surface area contributed by atoms with E-state index in [1.54, 1.807) is 0 Å². The zero-order valence-electron chi connectivity index (χ0n) is 16.0. The number of hydrogen-bond acceptors (Lipinski definition) is 2. The van der Waals surface area contributed by atoms with Gasteiger partial charge in [-0.3, -0.25) is 0 Å². The first-order valence-corrected chi connectivity index (χ1v) is 9.07. The molecule has 0 amide bonds. The quantitative estimate of drug-likeness (QED) is 0.684. The molecule has 130 valence electrons. The van der Waals surface area contributed by atoms with Gasteiger partial charge in [-0.2, -0.15) is 0 Å². The number of aliphatic hydroxyl groups excluding tert-OH is 1. The average molecular weight is 325 g/mol. The monoisotopic (exact) mass is 325 g/mol. The van der Waals surface area contributed by atoms with Crippen LogP contribution in [-0.4, -0.2) is 10.8 Å². The number of benzene rings is 1. The molecule has 1 aromatic rings. The molecule has 2 heteroatoms. The summed E-state index contributed by atoms with van der Waals surface area (Å²) in [6.45, 7) is 12.9. The summed E-state index contributed by atoms with van der Waals surface area (Å²) in [5.74, 6) is 0.617. The van der Waals surface area contributed by atoms with Gasteiger partial charge in [-0.1, -0.05) is 51.0 Å². The van der Waals surface area contributed by atoms with Crippen LogP contribution in [0.3, 0.4) is 0 Å². The van der Waals surface area contributed by atoms with Gasteiger partial charge in [-0.15, -0.1) is 0 Å². The van der Waals surface area contributed by atoms with Crippen LogP contribution < -0.4 is 0 Å². The first-order chi connectivity index (χ1) is 11.3. The number of aliphatic imine (C=N–C) groups is 1. The van der Waals surface area contributed by atoms with E-state index in [0.29, 0.717) is 5.92 Å². The van der Waals surface area contributed by atoms with Gasteiger partial charge in [0, 0.05) is 11.1 Å². The van der Waals surface area contributed by atoms with Gasteiger partial charge < -0.3 is 5.11 Å². The van der Waals surface area contributed by atoms with Crippen molar-refractivity contribution in [1.29, 1.82) is 0 Å². The van der Waals surface area contributed by atoms with Crippen LogP contribution in [0.5, 0.6) is 0 Å². The van der Waals surface area contributed by atoms with E-state index in [9.17, 15) is 5.11 Å². The van der Waals surface area contributed by atoms with Gasteiger partial charge in [0.05, 0.1) is 5.71 Å². The number of hydrogen-bond donors (Lipinski definition) is 1. The first-order valence-electron chi connectivity index (χ1n) is 9.07. The fourth-order valence-corrected chi connectivity index (χ4v) is 3.29. The molecule has 0 saturated carbocycles. The highest BCUT2D eigenvalue weighted by atomic mass is 16.3. The first kappa shape index (κ1) is 18.7. The third-order valence-corrected chi connectivity index (χ3v) is 4.29. The molecule has 1 aromatic carbocycles. The van der Waals surface area contributed by atoms with Gasteiger partial charge in [0.25, 0.3) is 0 Å². The average Bonchev–Trinajstić information content (AvgIpc) is 2.81. The van der Waals surface area contributed by atoms with Crippen molar-refractivity contribution in [2.75, 3.05) is 0 Å². The van der Waals surface area contributed by atoms with E-state index in [1.165, 1.54) is 16.7 Å². The summed E-state index contributed by atoms with van der Waals surface area (Å²) in [5, 5.41) is 10.5. The topological polar surface area (TPSA) is 32.6 Å². The zero-order valence-corrected chi connectivity index (χ0v) is 16.0. The van der Waals surface area contributed by atoms with Crippen LogP contribution in [0.1, 0.15) is 76.4 Å². The Morgan fingerprint density at radius 3 is 2.50 bits per heavy atom. The van der Waals surface area contributed by atoms with Crippen molar-refractivity contribution < 1.29 is 5.11 Å². The number of nitrogens with zero attached hydrogens (tertiary/aromatic N) is 1. The molecular weight excluding hydrogens is 294 g/mol. The maximum Gasteiger partial charge on any atom is 0.172 e. The Morgan fingerprint density at radius 1 is 1.21 bits per heavy atom. The Bertz CT molecular complexity index is 688. The minimum Gasteiger partial charge on any atom is -0.368 e. The Morgan fingerprint density at radius 2 is 1.92 bits per heavy atom. The van der Waals surface area contributed by atoms with Crippen LogP contribution in [-0.2, 0) is 12.8 Å². The summed E-state index contributed by atoms with van der Waals surface area (Å²) in [7, 11) is 0. The van der Waals surface area contributed by atoms with Gasteiger partial charge in [-0.25, -0.2) is 4.99 Å². The highest BCUT2D eigenvalue weighted by Gasteiger charge is 2.27. The number of fused-ring (bicyclic) bond motifs is 1. The fraction of sp³-hybridized carbons (Fsp3) is 0.500. The molecule has 2 nitrogen and oxygen atoms in total. The van der Waals surface area contributed by atoms with Gasteiger partial charge in [0.1, 0.15) is 0 Å². The van der Waals surface area contributed by atoms with Crippen LogP contribution in [0, 0.1) is 5.92 Å². The van der Waals surface area contributed by atoms with E-state index < -0.39 is 6.23 Å². The third kappa shape index (κ3) is 4.24. The number of allylic oxidation sites excluding steroid dienone is 4. The number of aryl methyl sites for hydroxylation is 1. The van der Waals surface area contributed by atoms with E-state index in [4.69, 9.17) is 0 Å². The van der Waals surface area contributed by atoms with Crippen molar-refractivity contribution >= 4 is 5.71 Å². The maximum atomic E-state index is 10.5. The van der Waals surface area contributed by atoms with E-state index in [-0.39, 0.29) is 0 Å². The molecule has 0 unspecified atom stereocenters. The molecule has 2 rings (SSSR count). The van der Waals surface area contributed by atoms with Gasteiger partial charge in [-0.05, 0) is 62.3 Å². The van der Waals surface area contributed by atoms with Crippen molar-refractivity contribution in [2.45, 2.75) is 67.0 Å². The summed E-state index contributed by atoms with van der Waals surface area (Å²) >= 11 is 0. The summed E-state index contributed by atoms with van der Waals surface area (Å²) in [6.07, 6.45) is 6.61. The Balaban J connectivity index is 2.53. The molecule has 1 heterocycles. The normalized spacial score (nSPS) is 17.1. The van der Waals surface area contributed by atoms with Crippen LogP contribution in [0.15, 0.2) is 40.4 Å².